The first-order valence-electron chi connectivity index (χ1n) is 4.50. The highest BCUT2D eigenvalue weighted by Crippen LogP contribution is 2.14. The maximum atomic E-state index is 11.2. The Balaban J connectivity index is 1.72. The van der Waals surface area contributed by atoms with Gasteiger partial charge in [0.05, 0.1) is 12.7 Å². The van der Waals surface area contributed by atoms with Crippen molar-refractivity contribution in [3.8, 4) is 0 Å². The number of hydrogen-bond acceptors (Lipinski definition) is 2. The van der Waals surface area contributed by atoms with Crippen LogP contribution in [0.1, 0.15) is 12.8 Å². The van der Waals surface area contributed by atoms with Crippen molar-refractivity contribution in [2.75, 3.05) is 26.2 Å². The van der Waals surface area contributed by atoms with Crippen LogP contribution < -0.4 is 5.32 Å². The lowest BCUT2D eigenvalue weighted by molar-refractivity contribution is 0.183. The van der Waals surface area contributed by atoms with E-state index in [9.17, 15) is 4.79 Å². The normalized spacial score (nSPS) is 28.5. The number of ether oxygens (including phenoxy) is 1. The van der Waals surface area contributed by atoms with Crippen LogP contribution in [0.2, 0.25) is 0 Å². The molecule has 0 saturated carbocycles. The predicted octanol–water partition coefficient (Wildman–Crippen LogP) is 0.191. The molecule has 2 fully saturated rings. The van der Waals surface area contributed by atoms with Gasteiger partial charge in [0.15, 0.2) is 0 Å². The molecule has 2 rings (SSSR count). The molecule has 0 radical (unpaired) electrons. The van der Waals surface area contributed by atoms with Gasteiger partial charge in [-0.15, -0.1) is 0 Å². The highest BCUT2D eigenvalue weighted by molar-refractivity contribution is 5.74. The van der Waals surface area contributed by atoms with Crippen LogP contribution in [0.25, 0.3) is 0 Å². The van der Waals surface area contributed by atoms with Gasteiger partial charge in [-0.05, 0) is 12.8 Å². The minimum Gasteiger partial charge on any atom is -0.373 e. The molecule has 0 aromatic rings. The molecule has 2 saturated heterocycles. The highest BCUT2D eigenvalue weighted by atomic mass is 16.6. The van der Waals surface area contributed by atoms with E-state index in [2.05, 4.69) is 5.32 Å². The molecule has 4 nitrogen and oxygen atoms in total. The van der Waals surface area contributed by atoms with Gasteiger partial charge in [-0.3, -0.25) is 0 Å². The second-order valence-corrected chi connectivity index (χ2v) is 3.32. The zero-order valence-electron chi connectivity index (χ0n) is 7.08. The maximum Gasteiger partial charge on any atom is 0.317 e. The van der Waals surface area contributed by atoms with Crippen LogP contribution in [0.15, 0.2) is 0 Å². The van der Waals surface area contributed by atoms with E-state index >= 15 is 0 Å². The number of amides is 2. The fourth-order valence-corrected chi connectivity index (χ4v) is 1.43. The average Bonchev–Trinajstić information content (AvgIpc) is 2.86. The van der Waals surface area contributed by atoms with Crippen LogP contribution in [0, 0.1) is 0 Å². The molecule has 0 aliphatic carbocycles. The Morgan fingerprint density at radius 1 is 1.67 bits per heavy atom. The number of rotatable bonds is 3. The fourth-order valence-electron chi connectivity index (χ4n) is 1.43. The number of carbonyl (C=O) groups excluding carboxylic acids is 1. The van der Waals surface area contributed by atoms with Crippen LogP contribution >= 0.6 is 0 Å². The highest BCUT2D eigenvalue weighted by Gasteiger charge is 2.25. The van der Waals surface area contributed by atoms with Crippen molar-refractivity contribution in [3.05, 3.63) is 0 Å². The molecular weight excluding hydrogens is 156 g/mol. The Bertz CT molecular complexity index is 180. The number of carbonyl (C=O) groups is 1. The van der Waals surface area contributed by atoms with Gasteiger partial charge >= 0.3 is 6.03 Å². The lowest BCUT2D eigenvalue weighted by Gasteiger charge is -2.27. The summed E-state index contributed by atoms with van der Waals surface area (Å²) in [5.41, 5.74) is 0. The van der Waals surface area contributed by atoms with Crippen molar-refractivity contribution in [3.63, 3.8) is 0 Å². The summed E-state index contributed by atoms with van der Waals surface area (Å²) in [7, 11) is 0. The van der Waals surface area contributed by atoms with Crippen LogP contribution in [0.5, 0.6) is 0 Å². The summed E-state index contributed by atoms with van der Waals surface area (Å²) in [6, 6.07) is 0.0851. The molecule has 0 aromatic heterocycles. The molecule has 0 aromatic carbocycles. The molecule has 4 heteroatoms. The summed E-state index contributed by atoms with van der Waals surface area (Å²) in [6.45, 7) is 3.46. The minimum atomic E-state index is 0.0851. The molecule has 2 amide bonds. The van der Waals surface area contributed by atoms with E-state index in [4.69, 9.17) is 4.74 Å². The maximum absolute atomic E-state index is 11.2. The largest absolute Gasteiger partial charge is 0.373 e. The van der Waals surface area contributed by atoms with Crippen molar-refractivity contribution in [1.29, 1.82) is 0 Å². The third kappa shape index (κ3) is 1.88. The molecule has 2 heterocycles. The Labute approximate surface area is 71.9 Å². The minimum absolute atomic E-state index is 0.0851. The summed E-state index contributed by atoms with van der Waals surface area (Å²) >= 11 is 0. The van der Waals surface area contributed by atoms with E-state index in [1.807, 2.05) is 4.90 Å². The molecule has 68 valence electrons. The zero-order valence-corrected chi connectivity index (χ0v) is 7.08. The molecule has 0 spiro atoms. The van der Waals surface area contributed by atoms with E-state index in [0.717, 1.165) is 39.1 Å². The average molecular weight is 170 g/mol. The van der Waals surface area contributed by atoms with Gasteiger partial charge in [0.1, 0.15) is 0 Å². The van der Waals surface area contributed by atoms with E-state index in [1.54, 1.807) is 0 Å². The van der Waals surface area contributed by atoms with Gasteiger partial charge in [-0.2, -0.15) is 0 Å². The van der Waals surface area contributed by atoms with Gasteiger partial charge in [-0.25, -0.2) is 4.79 Å². The Hall–Kier alpha value is -0.770. The van der Waals surface area contributed by atoms with Gasteiger partial charge in [0, 0.05) is 19.6 Å². The summed E-state index contributed by atoms with van der Waals surface area (Å²) in [4.78, 5) is 13.1. The Morgan fingerprint density at radius 2 is 2.50 bits per heavy atom. The first kappa shape index (κ1) is 7.86. The monoisotopic (exact) mass is 170 g/mol. The first-order valence-corrected chi connectivity index (χ1v) is 4.50. The number of nitrogens with zero attached hydrogens (tertiary/aromatic N) is 1. The quantitative estimate of drug-likeness (QED) is 0.614. The molecule has 0 bridgehead atoms. The van der Waals surface area contributed by atoms with Crippen molar-refractivity contribution in [2.24, 2.45) is 0 Å². The van der Waals surface area contributed by atoms with Crippen LogP contribution in [0.4, 0.5) is 4.79 Å². The van der Waals surface area contributed by atoms with Gasteiger partial charge < -0.3 is 15.0 Å². The number of urea groups is 1. The SMILES string of the molecule is O=C1NCCCN1CCC1CO1. The third-order valence-corrected chi connectivity index (χ3v) is 2.29. The predicted molar refractivity (Wildman–Crippen MR) is 43.9 cm³/mol. The summed E-state index contributed by atoms with van der Waals surface area (Å²) in [5.74, 6) is 0. The summed E-state index contributed by atoms with van der Waals surface area (Å²) < 4.78 is 5.08. The number of hydrogen-bond donors (Lipinski definition) is 1. The van der Waals surface area contributed by atoms with E-state index < -0.39 is 0 Å². The van der Waals surface area contributed by atoms with Crippen molar-refractivity contribution in [1.82, 2.24) is 10.2 Å². The van der Waals surface area contributed by atoms with E-state index in [1.165, 1.54) is 0 Å². The summed E-state index contributed by atoms with van der Waals surface area (Å²) in [5, 5.41) is 2.82. The second-order valence-electron chi connectivity index (χ2n) is 3.32. The molecular formula is C8H14N2O2. The molecule has 1 atom stereocenters. The lowest BCUT2D eigenvalue weighted by Crippen LogP contribution is -2.46. The van der Waals surface area contributed by atoms with Crippen LogP contribution in [-0.2, 0) is 4.74 Å². The zero-order chi connectivity index (χ0) is 8.39. The lowest BCUT2D eigenvalue weighted by atomic mass is 10.2. The summed E-state index contributed by atoms with van der Waals surface area (Å²) in [6.07, 6.45) is 2.49. The first-order chi connectivity index (χ1) is 5.86. The van der Waals surface area contributed by atoms with Crippen molar-refractivity contribution >= 4 is 6.03 Å². The third-order valence-electron chi connectivity index (χ3n) is 2.29. The van der Waals surface area contributed by atoms with Gasteiger partial charge in [0.25, 0.3) is 0 Å². The molecule has 1 N–H and O–H groups in total. The topological polar surface area (TPSA) is 44.9 Å². The molecule has 12 heavy (non-hydrogen) atoms. The van der Waals surface area contributed by atoms with Gasteiger partial charge in [-0.1, -0.05) is 0 Å². The van der Waals surface area contributed by atoms with E-state index in [0.29, 0.717) is 6.10 Å². The Morgan fingerprint density at radius 3 is 3.17 bits per heavy atom. The van der Waals surface area contributed by atoms with Crippen LogP contribution in [-0.4, -0.2) is 43.3 Å². The van der Waals surface area contributed by atoms with Crippen LogP contribution in [0.3, 0.4) is 0 Å². The van der Waals surface area contributed by atoms with Crippen molar-refractivity contribution in [2.45, 2.75) is 18.9 Å². The van der Waals surface area contributed by atoms with Crippen molar-refractivity contribution < 1.29 is 9.53 Å². The van der Waals surface area contributed by atoms with Gasteiger partial charge in [0.2, 0.25) is 0 Å². The number of nitrogens with one attached hydrogen (secondary N) is 1. The molecule has 2 aliphatic rings. The molecule has 1 unspecified atom stereocenters. The smallest absolute Gasteiger partial charge is 0.317 e. The van der Waals surface area contributed by atoms with E-state index in [-0.39, 0.29) is 6.03 Å². The molecule has 2 aliphatic heterocycles. The fraction of sp³-hybridized carbons (Fsp3) is 0.875. The Kier molecular flexibility index (Phi) is 2.17. The number of epoxide rings is 1. The standard InChI is InChI=1S/C8H14N2O2/c11-8-9-3-1-4-10(8)5-2-7-6-12-7/h7H,1-6H2,(H,9,11). The second kappa shape index (κ2) is 3.31.